The van der Waals surface area contributed by atoms with E-state index in [0.717, 1.165) is 16.8 Å². The Morgan fingerprint density at radius 1 is 0.828 bits per heavy atom. The predicted molar refractivity (Wildman–Crippen MR) is 115 cm³/mol. The zero-order chi connectivity index (χ0) is 21.0. The molecule has 2 aromatic carbocycles. The Labute approximate surface area is 169 Å². The van der Waals surface area contributed by atoms with Crippen molar-refractivity contribution in [2.24, 2.45) is 0 Å². The van der Waals surface area contributed by atoms with E-state index in [0.29, 0.717) is 17.2 Å². The van der Waals surface area contributed by atoms with Crippen molar-refractivity contribution in [2.75, 3.05) is 16.0 Å². The number of aromatic nitrogens is 2. The largest absolute Gasteiger partial charge is 0.339 e. The molecular formula is C22H23N5O2. The number of nitrogens with one attached hydrogen (secondary N) is 3. The summed E-state index contributed by atoms with van der Waals surface area (Å²) in [5, 5.41) is 8.70. The number of anilines is 4. The van der Waals surface area contributed by atoms with Gasteiger partial charge in [0.25, 0.3) is 5.91 Å². The van der Waals surface area contributed by atoms with Gasteiger partial charge in [-0.25, -0.2) is 9.97 Å². The number of amides is 2. The van der Waals surface area contributed by atoms with Gasteiger partial charge < -0.3 is 16.0 Å². The van der Waals surface area contributed by atoms with Gasteiger partial charge in [0.05, 0.1) is 12.4 Å². The van der Waals surface area contributed by atoms with Gasteiger partial charge in [0, 0.05) is 24.0 Å². The van der Waals surface area contributed by atoms with E-state index in [1.54, 1.807) is 24.3 Å². The molecule has 0 spiro atoms. The Hall–Kier alpha value is -3.74. The molecule has 29 heavy (non-hydrogen) atoms. The Kier molecular flexibility index (Phi) is 5.87. The number of rotatable bonds is 5. The van der Waals surface area contributed by atoms with Crippen LogP contribution in [0.15, 0.2) is 48.8 Å². The predicted octanol–water partition coefficient (Wildman–Crippen LogP) is 4.36. The lowest BCUT2D eigenvalue weighted by atomic mass is 10.1. The third kappa shape index (κ3) is 5.16. The number of benzene rings is 2. The highest BCUT2D eigenvalue weighted by Gasteiger charge is 2.10. The number of nitrogens with zero attached hydrogens (tertiary/aromatic N) is 2. The van der Waals surface area contributed by atoms with Crippen LogP contribution < -0.4 is 16.0 Å². The van der Waals surface area contributed by atoms with Crippen molar-refractivity contribution in [3.05, 3.63) is 71.2 Å². The van der Waals surface area contributed by atoms with Crippen LogP contribution in [0, 0.1) is 20.8 Å². The molecule has 0 atom stereocenters. The minimum atomic E-state index is -0.362. The van der Waals surface area contributed by atoms with Crippen molar-refractivity contribution < 1.29 is 9.59 Å². The first-order valence-electron chi connectivity index (χ1n) is 9.18. The summed E-state index contributed by atoms with van der Waals surface area (Å²) in [6.07, 6.45) is 2.97. The molecule has 0 aliphatic rings. The first kappa shape index (κ1) is 20.0. The molecule has 3 N–H and O–H groups in total. The molecule has 3 rings (SSSR count). The van der Waals surface area contributed by atoms with E-state index in [4.69, 9.17) is 0 Å². The van der Waals surface area contributed by atoms with Gasteiger partial charge in [0.2, 0.25) is 5.91 Å². The number of carbonyl (C=O) groups excluding carboxylic acids is 2. The minimum Gasteiger partial charge on any atom is -0.339 e. The summed E-state index contributed by atoms with van der Waals surface area (Å²) in [4.78, 5) is 32.0. The highest BCUT2D eigenvalue weighted by molar-refractivity contribution is 6.02. The third-order valence-electron chi connectivity index (χ3n) is 4.28. The Morgan fingerprint density at radius 2 is 1.41 bits per heavy atom. The molecule has 148 valence electrons. The van der Waals surface area contributed by atoms with Gasteiger partial charge in [-0.1, -0.05) is 17.7 Å². The van der Waals surface area contributed by atoms with Crippen molar-refractivity contribution >= 4 is 34.7 Å². The summed E-state index contributed by atoms with van der Waals surface area (Å²) in [6, 6.07) is 11.0. The topological polar surface area (TPSA) is 96.0 Å². The zero-order valence-electron chi connectivity index (χ0n) is 16.8. The summed E-state index contributed by atoms with van der Waals surface area (Å²) in [7, 11) is 0. The van der Waals surface area contributed by atoms with Crippen LogP contribution in [-0.2, 0) is 4.79 Å². The van der Waals surface area contributed by atoms with E-state index >= 15 is 0 Å². The summed E-state index contributed by atoms with van der Waals surface area (Å²) < 4.78 is 0. The lowest BCUT2D eigenvalue weighted by Gasteiger charge is -2.13. The molecule has 0 fully saturated rings. The van der Waals surface area contributed by atoms with Crippen LogP contribution in [0.1, 0.15) is 34.1 Å². The molecule has 7 nitrogen and oxygen atoms in total. The molecular weight excluding hydrogens is 366 g/mol. The fraction of sp³-hybridized carbons (Fsp3) is 0.182. The van der Waals surface area contributed by atoms with Gasteiger partial charge >= 0.3 is 0 Å². The van der Waals surface area contributed by atoms with E-state index in [1.807, 2.05) is 13.8 Å². The summed E-state index contributed by atoms with van der Waals surface area (Å²) in [5.74, 6) is 0.0528. The van der Waals surface area contributed by atoms with Crippen LogP contribution in [0.3, 0.4) is 0 Å². The fourth-order valence-electron chi connectivity index (χ4n) is 3.05. The number of aryl methyl sites for hydroxylation is 3. The standard InChI is InChI=1S/C22H23N5O2/c1-13-9-14(2)21(15(3)10-13)27-20-12-23-19(11-24-20)22(29)26-18-7-5-17(6-8-18)25-16(4)28/h5-12H,1-4H3,(H,24,27)(H,25,28)(H,26,29). The van der Waals surface area contributed by atoms with E-state index < -0.39 is 0 Å². The van der Waals surface area contributed by atoms with Crippen molar-refractivity contribution in [2.45, 2.75) is 27.7 Å². The first-order chi connectivity index (χ1) is 13.8. The number of hydrogen-bond acceptors (Lipinski definition) is 5. The average Bonchev–Trinajstić information content (AvgIpc) is 2.66. The maximum absolute atomic E-state index is 12.4. The molecule has 0 aliphatic carbocycles. The van der Waals surface area contributed by atoms with Crippen LogP contribution >= 0.6 is 0 Å². The monoisotopic (exact) mass is 389 g/mol. The highest BCUT2D eigenvalue weighted by atomic mass is 16.2. The maximum atomic E-state index is 12.4. The number of carbonyl (C=O) groups is 2. The smallest absolute Gasteiger partial charge is 0.275 e. The Bertz CT molecular complexity index is 1020. The fourth-order valence-corrected chi connectivity index (χ4v) is 3.05. The van der Waals surface area contributed by atoms with Crippen molar-refractivity contribution in [3.8, 4) is 0 Å². The van der Waals surface area contributed by atoms with Crippen LogP contribution in [0.4, 0.5) is 22.9 Å². The lowest BCUT2D eigenvalue weighted by Crippen LogP contribution is -2.14. The van der Waals surface area contributed by atoms with Gasteiger partial charge in [-0.2, -0.15) is 0 Å². The van der Waals surface area contributed by atoms with E-state index in [-0.39, 0.29) is 17.5 Å². The zero-order valence-corrected chi connectivity index (χ0v) is 16.8. The van der Waals surface area contributed by atoms with Crippen LogP contribution in [-0.4, -0.2) is 21.8 Å². The molecule has 0 aliphatic heterocycles. The lowest BCUT2D eigenvalue weighted by molar-refractivity contribution is -0.114. The van der Waals surface area contributed by atoms with Crippen LogP contribution in [0.2, 0.25) is 0 Å². The summed E-state index contributed by atoms with van der Waals surface area (Å²) in [6.45, 7) is 7.57. The Balaban J connectivity index is 1.67. The molecule has 3 aromatic rings. The van der Waals surface area contributed by atoms with Crippen LogP contribution in [0.25, 0.3) is 0 Å². The van der Waals surface area contributed by atoms with Crippen molar-refractivity contribution in [1.82, 2.24) is 9.97 Å². The summed E-state index contributed by atoms with van der Waals surface area (Å²) >= 11 is 0. The van der Waals surface area contributed by atoms with E-state index in [2.05, 4.69) is 45.0 Å². The van der Waals surface area contributed by atoms with Crippen molar-refractivity contribution in [3.63, 3.8) is 0 Å². The first-order valence-corrected chi connectivity index (χ1v) is 9.18. The maximum Gasteiger partial charge on any atom is 0.275 e. The van der Waals surface area contributed by atoms with Crippen LogP contribution in [0.5, 0.6) is 0 Å². The van der Waals surface area contributed by atoms with E-state index in [9.17, 15) is 9.59 Å². The molecule has 1 heterocycles. The quantitative estimate of drug-likeness (QED) is 0.603. The molecule has 0 saturated carbocycles. The highest BCUT2D eigenvalue weighted by Crippen LogP contribution is 2.24. The second kappa shape index (κ2) is 8.52. The molecule has 0 bridgehead atoms. The van der Waals surface area contributed by atoms with Gasteiger partial charge in [-0.15, -0.1) is 0 Å². The van der Waals surface area contributed by atoms with Gasteiger partial charge in [0.1, 0.15) is 11.5 Å². The molecule has 2 amide bonds. The molecule has 0 saturated heterocycles. The molecule has 1 aromatic heterocycles. The Morgan fingerprint density at radius 3 is 1.93 bits per heavy atom. The second-order valence-corrected chi connectivity index (χ2v) is 6.90. The SMILES string of the molecule is CC(=O)Nc1ccc(NC(=O)c2cnc(Nc3c(C)cc(C)cc3C)cn2)cc1. The van der Waals surface area contributed by atoms with E-state index in [1.165, 1.54) is 24.9 Å². The minimum absolute atomic E-state index is 0.151. The average molecular weight is 389 g/mol. The van der Waals surface area contributed by atoms with Gasteiger partial charge in [-0.3, -0.25) is 9.59 Å². The summed E-state index contributed by atoms with van der Waals surface area (Å²) in [5.41, 5.74) is 5.89. The van der Waals surface area contributed by atoms with Gasteiger partial charge in [-0.05, 0) is 56.2 Å². The molecule has 0 radical (unpaired) electrons. The molecule has 0 unspecified atom stereocenters. The third-order valence-corrected chi connectivity index (χ3v) is 4.28. The molecule has 7 heteroatoms. The number of hydrogen-bond donors (Lipinski definition) is 3. The van der Waals surface area contributed by atoms with Gasteiger partial charge in [0.15, 0.2) is 0 Å². The normalized spacial score (nSPS) is 10.3. The second-order valence-electron chi connectivity index (χ2n) is 6.90. The van der Waals surface area contributed by atoms with Crippen molar-refractivity contribution in [1.29, 1.82) is 0 Å².